The molecule has 1 aromatic rings. The van der Waals surface area contributed by atoms with Crippen molar-refractivity contribution in [2.24, 2.45) is 0 Å². The predicted octanol–water partition coefficient (Wildman–Crippen LogP) is 3.00. The lowest BCUT2D eigenvalue weighted by Crippen LogP contribution is -2.40. The van der Waals surface area contributed by atoms with Gasteiger partial charge in [-0.05, 0) is 36.3 Å². The molecule has 92 valence electrons. The normalized spacial score (nSPS) is 29.2. The van der Waals surface area contributed by atoms with Crippen LogP contribution in [-0.2, 0) is 4.74 Å². The van der Waals surface area contributed by atoms with Crippen LogP contribution >= 0.6 is 0 Å². The Morgan fingerprint density at radius 3 is 2.65 bits per heavy atom. The highest BCUT2D eigenvalue weighted by Crippen LogP contribution is 2.43. The minimum atomic E-state index is 0.255. The van der Waals surface area contributed by atoms with Crippen molar-refractivity contribution in [2.45, 2.75) is 44.3 Å². The number of hydrogen-bond acceptors (Lipinski definition) is 2. The first kappa shape index (κ1) is 11.2. The lowest BCUT2D eigenvalue weighted by molar-refractivity contribution is -0.0403. The summed E-state index contributed by atoms with van der Waals surface area (Å²) in [5.41, 5.74) is 2.94. The summed E-state index contributed by atoms with van der Waals surface area (Å²) >= 11 is 0. The molecule has 0 radical (unpaired) electrons. The zero-order valence-electron chi connectivity index (χ0n) is 10.5. The fraction of sp³-hybridized carbons (Fsp3) is 0.600. The van der Waals surface area contributed by atoms with E-state index in [0.29, 0.717) is 6.10 Å². The maximum Gasteiger partial charge on any atom is 0.0956 e. The molecule has 2 aliphatic rings. The van der Waals surface area contributed by atoms with Crippen LogP contribution in [0.2, 0.25) is 0 Å². The van der Waals surface area contributed by atoms with Crippen LogP contribution in [0.3, 0.4) is 0 Å². The second-order valence-electron chi connectivity index (χ2n) is 5.22. The molecule has 1 aliphatic heterocycles. The van der Waals surface area contributed by atoms with Gasteiger partial charge in [0.1, 0.15) is 0 Å². The molecule has 1 N–H and O–H groups in total. The fourth-order valence-corrected chi connectivity index (χ4v) is 2.70. The van der Waals surface area contributed by atoms with Crippen LogP contribution in [0.1, 0.15) is 49.3 Å². The number of rotatable bonds is 3. The van der Waals surface area contributed by atoms with E-state index in [1.807, 2.05) is 0 Å². The summed E-state index contributed by atoms with van der Waals surface area (Å²) in [5.74, 6) is 0.803. The van der Waals surface area contributed by atoms with E-state index < -0.39 is 0 Å². The minimum absolute atomic E-state index is 0.255. The van der Waals surface area contributed by atoms with Gasteiger partial charge in [0.25, 0.3) is 0 Å². The van der Waals surface area contributed by atoms with Crippen molar-refractivity contribution >= 4 is 0 Å². The zero-order valence-corrected chi connectivity index (χ0v) is 10.5. The van der Waals surface area contributed by atoms with Gasteiger partial charge < -0.3 is 10.1 Å². The Hall–Kier alpha value is -0.860. The highest BCUT2D eigenvalue weighted by molar-refractivity contribution is 5.35. The van der Waals surface area contributed by atoms with Crippen LogP contribution in [0.25, 0.3) is 0 Å². The second kappa shape index (κ2) is 4.79. The summed E-state index contributed by atoms with van der Waals surface area (Å²) < 4.78 is 6.18. The van der Waals surface area contributed by atoms with E-state index in [1.54, 1.807) is 0 Å². The molecule has 17 heavy (non-hydrogen) atoms. The number of nitrogens with one attached hydrogen (secondary N) is 1. The van der Waals surface area contributed by atoms with Gasteiger partial charge in [0.05, 0.1) is 12.2 Å². The molecule has 2 fully saturated rings. The molecule has 3 rings (SSSR count). The molecule has 0 bridgehead atoms. The Bertz CT molecular complexity index is 386. The van der Waals surface area contributed by atoms with Gasteiger partial charge in [-0.1, -0.05) is 31.2 Å². The number of hydrogen-bond donors (Lipinski definition) is 1. The van der Waals surface area contributed by atoms with E-state index >= 15 is 0 Å². The van der Waals surface area contributed by atoms with Crippen LogP contribution in [0.15, 0.2) is 24.3 Å². The first-order valence-electron chi connectivity index (χ1n) is 6.83. The van der Waals surface area contributed by atoms with Crippen molar-refractivity contribution in [3.05, 3.63) is 35.4 Å². The van der Waals surface area contributed by atoms with E-state index in [9.17, 15) is 0 Å². The average molecular weight is 231 g/mol. The van der Waals surface area contributed by atoms with Crippen LogP contribution < -0.4 is 5.32 Å². The number of benzene rings is 1. The van der Waals surface area contributed by atoms with Gasteiger partial charge in [-0.3, -0.25) is 0 Å². The van der Waals surface area contributed by atoms with E-state index in [0.717, 1.165) is 25.4 Å². The van der Waals surface area contributed by atoms with Crippen molar-refractivity contribution in [2.75, 3.05) is 13.1 Å². The van der Waals surface area contributed by atoms with Gasteiger partial charge >= 0.3 is 0 Å². The molecule has 0 spiro atoms. The lowest BCUT2D eigenvalue weighted by Gasteiger charge is -2.31. The smallest absolute Gasteiger partial charge is 0.0956 e. The molecule has 0 aromatic heterocycles. The SMILES string of the molecule is CCC1CNCC(c2ccccc2C2CC2)O1. The molecule has 2 atom stereocenters. The standard InChI is InChI=1S/C15H21NO/c1-2-12-9-16-10-15(17-12)14-6-4-3-5-13(14)11-7-8-11/h3-6,11-12,15-16H,2,7-10H2,1H3. The van der Waals surface area contributed by atoms with Crippen molar-refractivity contribution < 1.29 is 4.74 Å². The van der Waals surface area contributed by atoms with E-state index in [-0.39, 0.29) is 6.10 Å². The average Bonchev–Trinajstić information content (AvgIpc) is 3.23. The minimum Gasteiger partial charge on any atom is -0.368 e. The molecule has 1 aromatic carbocycles. The molecule has 1 heterocycles. The van der Waals surface area contributed by atoms with Gasteiger partial charge in [-0.15, -0.1) is 0 Å². The number of morpholine rings is 1. The van der Waals surface area contributed by atoms with E-state index in [2.05, 4.69) is 36.5 Å². The molecular weight excluding hydrogens is 210 g/mol. The van der Waals surface area contributed by atoms with Crippen LogP contribution in [0.5, 0.6) is 0 Å². The van der Waals surface area contributed by atoms with Crippen LogP contribution in [0.4, 0.5) is 0 Å². The zero-order chi connectivity index (χ0) is 11.7. The maximum atomic E-state index is 6.18. The summed E-state index contributed by atoms with van der Waals surface area (Å²) in [6.07, 6.45) is 4.43. The summed E-state index contributed by atoms with van der Waals surface area (Å²) in [6, 6.07) is 8.83. The molecule has 1 aliphatic carbocycles. The maximum absolute atomic E-state index is 6.18. The van der Waals surface area contributed by atoms with E-state index in [4.69, 9.17) is 4.74 Å². The molecule has 0 amide bonds. The van der Waals surface area contributed by atoms with E-state index in [1.165, 1.54) is 24.0 Å². The fourth-order valence-electron chi connectivity index (χ4n) is 2.70. The monoisotopic (exact) mass is 231 g/mol. The van der Waals surface area contributed by atoms with Gasteiger partial charge in [0, 0.05) is 13.1 Å². The molecule has 2 unspecified atom stereocenters. The summed E-state index contributed by atoms with van der Waals surface area (Å²) in [6.45, 7) is 4.15. The highest BCUT2D eigenvalue weighted by Gasteiger charge is 2.30. The Morgan fingerprint density at radius 2 is 1.94 bits per heavy atom. The molecule has 2 heteroatoms. The predicted molar refractivity (Wildman–Crippen MR) is 69.2 cm³/mol. The van der Waals surface area contributed by atoms with Crippen LogP contribution in [-0.4, -0.2) is 19.2 Å². The van der Waals surface area contributed by atoms with Crippen molar-refractivity contribution in [1.82, 2.24) is 5.32 Å². The second-order valence-corrected chi connectivity index (χ2v) is 5.22. The molecule has 1 saturated heterocycles. The Kier molecular flexibility index (Phi) is 3.17. The first-order chi connectivity index (χ1) is 8.38. The Labute approximate surface area is 103 Å². The third-order valence-corrected chi connectivity index (χ3v) is 3.87. The highest BCUT2D eigenvalue weighted by atomic mass is 16.5. The van der Waals surface area contributed by atoms with Crippen molar-refractivity contribution in [1.29, 1.82) is 0 Å². The Balaban J connectivity index is 1.82. The third-order valence-electron chi connectivity index (χ3n) is 3.87. The van der Waals surface area contributed by atoms with Gasteiger partial charge in [-0.25, -0.2) is 0 Å². The lowest BCUT2D eigenvalue weighted by atomic mass is 9.97. The molecule has 1 saturated carbocycles. The van der Waals surface area contributed by atoms with Gasteiger partial charge in [0.2, 0.25) is 0 Å². The summed E-state index contributed by atoms with van der Waals surface area (Å²) in [5, 5.41) is 3.50. The summed E-state index contributed by atoms with van der Waals surface area (Å²) in [7, 11) is 0. The van der Waals surface area contributed by atoms with Gasteiger partial charge in [-0.2, -0.15) is 0 Å². The molecule has 2 nitrogen and oxygen atoms in total. The largest absolute Gasteiger partial charge is 0.368 e. The quantitative estimate of drug-likeness (QED) is 0.863. The van der Waals surface area contributed by atoms with Crippen LogP contribution in [0, 0.1) is 0 Å². The topological polar surface area (TPSA) is 21.3 Å². The first-order valence-corrected chi connectivity index (χ1v) is 6.83. The number of ether oxygens (including phenoxy) is 1. The van der Waals surface area contributed by atoms with Crippen molar-refractivity contribution in [3.63, 3.8) is 0 Å². The Morgan fingerprint density at radius 1 is 1.18 bits per heavy atom. The van der Waals surface area contributed by atoms with Gasteiger partial charge in [0.15, 0.2) is 0 Å². The summed E-state index contributed by atoms with van der Waals surface area (Å²) in [4.78, 5) is 0. The van der Waals surface area contributed by atoms with Crippen molar-refractivity contribution in [3.8, 4) is 0 Å². The molecular formula is C15H21NO. The third kappa shape index (κ3) is 2.38.